The number of hydrogen-bond donors (Lipinski definition) is 1. The number of aromatic amines is 1. The summed E-state index contributed by atoms with van der Waals surface area (Å²) in [6.07, 6.45) is 0. The number of nitrogens with one attached hydrogen (secondary N) is 1. The van der Waals surface area contributed by atoms with Gasteiger partial charge < -0.3 is 9.55 Å². The lowest BCUT2D eigenvalue weighted by atomic mass is 9.85. The minimum atomic E-state index is -0.490. The maximum atomic E-state index is 13.1. The zero-order chi connectivity index (χ0) is 18.7. The second kappa shape index (κ2) is 5.37. The Bertz CT molecular complexity index is 1050. The lowest BCUT2D eigenvalue weighted by Gasteiger charge is -2.27. The molecular weight excluding hydrogens is 320 g/mol. The third-order valence-electron chi connectivity index (χ3n) is 4.28. The number of rotatable bonds is 1. The maximum Gasteiger partial charge on any atom is 0.251 e. The molecule has 25 heavy (non-hydrogen) atoms. The maximum absolute atomic E-state index is 13.1. The molecule has 2 aromatic rings. The van der Waals surface area contributed by atoms with E-state index < -0.39 is 11.3 Å². The number of hydrogen-bond acceptors (Lipinski definition) is 4. The number of ketones is 2. The number of H-pyrrole nitrogens is 1. The Kier molecular flexibility index (Phi) is 3.67. The highest BCUT2D eigenvalue weighted by molar-refractivity contribution is 6.27. The third kappa shape index (κ3) is 2.67. The van der Waals surface area contributed by atoms with E-state index >= 15 is 0 Å². The van der Waals surface area contributed by atoms with E-state index in [0.717, 1.165) is 0 Å². The minimum absolute atomic E-state index is 0.0323. The first-order valence-corrected chi connectivity index (χ1v) is 8.09. The average Bonchev–Trinajstić information content (AvgIpc) is 2.45. The summed E-state index contributed by atoms with van der Waals surface area (Å²) in [6, 6.07) is 2.69. The topological polar surface area (TPSA) is 89.0 Å². The highest BCUT2D eigenvalue weighted by atomic mass is 16.2. The van der Waals surface area contributed by atoms with Crippen LogP contribution in [0.4, 0.5) is 0 Å². The molecular formula is C19H20N2O4. The second-order valence-corrected chi connectivity index (χ2v) is 7.76. The summed E-state index contributed by atoms with van der Waals surface area (Å²) in [5.41, 5.74) is 0.377. The van der Waals surface area contributed by atoms with Crippen LogP contribution in [0.15, 0.2) is 21.7 Å². The highest BCUT2D eigenvalue weighted by Crippen LogP contribution is 2.29. The van der Waals surface area contributed by atoms with Crippen molar-refractivity contribution in [3.63, 3.8) is 0 Å². The molecule has 6 nitrogen and oxygen atoms in total. The van der Waals surface area contributed by atoms with Gasteiger partial charge in [0.2, 0.25) is 11.3 Å². The molecule has 0 spiro atoms. The predicted molar refractivity (Wildman–Crippen MR) is 93.6 cm³/mol. The van der Waals surface area contributed by atoms with Crippen LogP contribution in [-0.2, 0) is 6.54 Å². The van der Waals surface area contributed by atoms with E-state index in [1.807, 2.05) is 20.8 Å². The van der Waals surface area contributed by atoms with Gasteiger partial charge in [0.25, 0.3) is 5.56 Å². The molecule has 0 radical (unpaired) electrons. The fourth-order valence-corrected chi connectivity index (χ4v) is 3.32. The average molecular weight is 340 g/mol. The van der Waals surface area contributed by atoms with Crippen LogP contribution in [0.5, 0.6) is 0 Å². The Hall–Kier alpha value is -2.76. The van der Waals surface area contributed by atoms with Crippen molar-refractivity contribution in [1.82, 2.24) is 9.55 Å². The van der Waals surface area contributed by atoms with Gasteiger partial charge in [0.1, 0.15) is 11.4 Å². The van der Waals surface area contributed by atoms with Gasteiger partial charge in [-0.15, -0.1) is 0 Å². The monoisotopic (exact) mass is 340 g/mol. The molecule has 0 saturated heterocycles. The van der Waals surface area contributed by atoms with Crippen molar-refractivity contribution in [3.8, 4) is 0 Å². The van der Waals surface area contributed by atoms with Gasteiger partial charge in [0.15, 0.2) is 5.78 Å². The smallest absolute Gasteiger partial charge is 0.251 e. The zero-order valence-electron chi connectivity index (χ0n) is 14.9. The number of pyridine rings is 2. The van der Waals surface area contributed by atoms with Gasteiger partial charge in [-0.2, -0.15) is 0 Å². The van der Waals surface area contributed by atoms with Crippen LogP contribution in [0.1, 0.15) is 64.0 Å². The fourth-order valence-electron chi connectivity index (χ4n) is 3.32. The van der Waals surface area contributed by atoms with Gasteiger partial charge >= 0.3 is 0 Å². The van der Waals surface area contributed by atoms with E-state index in [1.54, 1.807) is 13.8 Å². The minimum Gasteiger partial charge on any atom is -0.318 e. The van der Waals surface area contributed by atoms with Crippen molar-refractivity contribution < 1.29 is 9.59 Å². The molecule has 2 aromatic heterocycles. The van der Waals surface area contributed by atoms with E-state index in [1.165, 1.54) is 16.7 Å². The molecule has 0 saturated carbocycles. The van der Waals surface area contributed by atoms with E-state index in [0.29, 0.717) is 17.7 Å². The molecule has 0 bridgehead atoms. The summed E-state index contributed by atoms with van der Waals surface area (Å²) in [6.45, 7) is 9.41. The lowest BCUT2D eigenvalue weighted by molar-refractivity contribution is 0.0963. The van der Waals surface area contributed by atoms with Crippen LogP contribution in [0, 0.1) is 19.3 Å². The first kappa shape index (κ1) is 17.1. The van der Waals surface area contributed by atoms with Crippen LogP contribution in [-0.4, -0.2) is 21.1 Å². The third-order valence-corrected chi connectivity index (χ3v) is 4.28. The van der Waals surface area contributed by atoms with Crippen LogP contribution in [0.2, 0.25) is 0 Å². The van der Waals surface area contributed by atoms with Crippen molar-refractivity contribution in [2.45, 2.75) is 41.2 Å². The summed E-state index contributed by atoms with van der Waals surface area (Å²) in [7, 11) is 0. The highest BCUT2D eigenvalue weighted by Gasteiger charge is 2.36. The number of carbonyl (C=O) groups is 2. The van der Waals surface area contributed by atoms with Gasteiger partial charge in [-0.25, -0.2) is 0 Å². The molecule has 3 rings (SSSR count). The molecule has 0 fully saturated rings. The van der Waals surface area contributed by atoms with Gasteiger partial charge in [0, 0.05) is 18.7 Å². The molecule has 0 aliphatic heterocycles. The molecule has 130 valence electrons. The van der Waals surface area contributed by atoms with Crippen LogP contribution in [0.25, 0.3) is 0 Å². The molecule has 0 unspecified atom stereocenters. The Morgan fingerprint density at radius 2 is 1.52 bits per heavy atom. The van der Waals surface area contributed by atoms with Crippen molar-refractivity contribution in [3.05, 3.63) is 66.5 Å². The first-order chi connectivity index (χ1) is 11.5. The van der Waals surface area contributed by atoms with E-state index in [-0.39, 0.29) is 39.3 Å². The molecule has 1 aliphatic rings. The molecule has 6 heteroatoms. The SMILES string of the molecule is Cc1cc(=O)[nH]c2c1C(=O)c1c(C)cc(=O)n(CC(C)(C)C)c1C2=O. The molecule has 1 N–H and O–H groups in total. The van der Waals surface area contributed by atoms with Crippen LogP contribution >= 0.6 is 0 Å². The normalized spacial score (nSPS) is 13.6. The summed E-state index contributed by atoms with van der Waals surface area (Å²) in [4.78, 5) is 52.9. The predicted octanol–water partition coefficient (Wildman–Crippen LogP) is 1.97. The molecule has 0 atom stereocenters. The van der Waals surface area contributed by atoms with Gasteiger partial charge in [-0.1, -0.05) is 20.8 Å². The Morgan fingerprint density at radius 3 is 2.12 bits per heavy atom. The lowest BCUT2D eigenvalue weighted by Crippen LogP contribution is -2.37. The standard InChI is InChI=1S/C19H20N2O4/c1-9-6-11(22)20-15-13(9)17(24)14-10(2)7-12(23)21(8-19(3,4)5)16(14)18(15)25/h6-7H,8H2,1-5H3,(H,20,22). The van der Waals surface area contributed by atoms with Crippen molar-refractivity contribution >= 4 is 11.6 Å². The summed E-state index contributed by atoms with van der Waals surface area (Å²) < 4.78 is 1.35. The van der Waals surface area contributed by atoms with E-state index in [2.05, 4.69) is 4.98 Å². The van der Waals surface area contributed by atoms with Crippen LogP contribution in [0.3, 0.4) is 0 Å². The molecule has 2 heterocycles. The van der Waals surface area contributed by atoms with Gasteiger partial charge in [0.05, 0.1) is 11.1 Å². The number of fused-ring (bicyclic) bond motifs is 2. The molecule has 0 amide bonds. The van der Waals surface area contributed by atoms with Crippen molar-refractivity contribution in [1.29, 1.82) is 0 Å². The van der Waals surface area contributed by atoms with Gasteiger partial charge in [-0.05, 0) is 30.4 Å². The summed E-state index contributed by atoms with van der Waals surface area (Å²) >= 11 is 0. The zero-order valence-corrected chi connectivity index (χ0v) is 14.9. The van der Waals surface area contributed by atoms with Crippen molar-refractivity contribution in [2.75, 3.05) is 0 Å². The van der Waals surface area contributed by atoms with E-state index in [9.17, 15) is 19.2 Å². The Labute approximate surface area is 144 Å². The Balaban J connectivity index is 2.41. The Morgan fingerprint density at radius 1 is 0.920 bits per heavy atom. The largest absolute Gasteiger partial charge is 0.318 e. The number of aromatic nitrogens is 2. The first-order valence-electron chi connectivity index (χ1n) is 8.09. The quantitative estimate of drug-likeness (QED) is 0.733. The molecule has 1 aliphatic carbocycles. The molecule has 0 aromatic carbocycles. The second-order valence-electron chi connectivity index (χ2n) is 7.76. The van der Waals surface area contributed by atoms with E-state index in [4.69, 9.17) is 0 Å². The van der Waals surface area contributed by atoms with Crippen LogP contribution < -0.4 is 11.1 Å². The number of carbonyl (C=O) groups excluding carboxylic acids is 2. The summed E-state index contributed by atoms with van der Waals surface area (Å²) in [5, 5.41) is 0. The number of nitrogens with zero attached hydrogens (tertiary/aromatic N) is 1. The van der Waals surface area contributed by atoms with Gasteiger partial charge in [-0.3, -0.25) is 19.2 Å². The summed E-state index contributed by atoms with van der Waals surface area (Å²) in [5.74, 6) is -0.825. The number of aryl methyl sites for hydroxylation is 2. The van der Waals surface area contributed by atoms with Crippen molar-refractivity contribution in [2.24, 2.45) is 5.41 Å². The fraction of sp³-hybridized carbons (Fsp3) is 0.368.